The topological polar surface area (TPSA) is 92.5 Å². The molecular formula is C11H11ClN2O4. The van der Waals surface area contributed by atoms with E-state index >= 15 is 0 Å². The quantitative estimate of drug-likeness (QED) is 0.648. The van der Waals surface area contributed by atoms with Gasteiger partial charge in [-0.05, 0) is 31.4 Å². The van der Waals surface area contributed by atoms with E-state index in [9.17, 15) is 14.9 Å². The number of anilines is 1. The van der Waals surface area contributed by atoms with Crippen LogP contribution in [0.25, 0.3) is 0 Å². The van der Waals surface area contributed by atoms with Crippen LogP contribution in [-0.4, -0.2) is 21.5 Å². The molecule has 0 spiro atoms. The van der Waals surface area contributed by atoms with Crippen LogP contribution in [0.3, 0.4) is 0 Å². The van der Waals surface area contributed by atoms with Crippen LogP contribution in [0.5, 0.6) is 0 Å². The van der Waals surface area contributed by atoms with Gasteiger partial charge in [0.1, 0.15) is 10.6 Å². The average molecular weight is 271 g/mol. The first-order chi connectivity index (χ1) is 8.35. The lowest BCUT2D eigenvalue weighted by Gasteiger charge is -2.16. The minimum Gasteiger partial charge on any atom is -0.480 e. The maximum atomic E-state index is 11.1. The Morgan fingerprint density at radius 2 is 2.17 bits per heavy atom. The fraction of sp³-hybridized carbons (Fsp3) is 0.364. The van der Waals surface area contributed by atoms with Gasteiger partial charge < -0.3 is 10.4 Å². The van der Waals surface area contributed by atoms with E-state index in [0.29, 0.717) is 24.1 Å². The van der Waals surface area contributed by atoms with Gasteiger partial charge in [-0.3, -0.25) is 10.1 Å². The SMILES string of the molecule is Cc1cc([N+](=O)[O-])c(Cl)cc1NC1(C(=O)O)CC1. The Kier molecular flexibility index (Phi) is 2.90. The highest BCUT2D eigenvalue weighted by molar-refractivity contribution is 6.33. The van der Waals surface area contributed by atoms with Gasteiger partial charge in [-0.1, -0.05) is 11.6 Å². The van der Waals surface area contributed by atoms with Crippen LogP contribution in [-0.2, 0) is 4.79 Å². The number of halogens is 1. The number of benzene rings is 1. The van der Waals surface area contributed by atoms with Crippen molar-refractivity contribution in [1.29, 1.82) is 0 Å². The average Bonchev–Trinajstić information content (AvgIpc) is 3.03. The molecule has 1 aromatic rings. The molecule has 0 aliphatic heterocycles. The largest absolute Gasteiger partial charge is 0.480 e. The number of aliphatic carboxylic acids is 1. The summed E-state index contributed by atoms with van der Waals surface area (Å²) in [4.78, 5) is 21.2. The Labute approximate surface area is 108 Å². The van der Waals surface area contributed by atoms with Crippen LogP contribution in [0.15, 0.2) is 12.1 Å². The third-order valence-electron chi connectivity index (χ3n) is 3.02. The second-order valence-electron chi connectivity index (χ2n) is 4.39. The Morgan fingerprint density at radius 3 is 2.61 bits per heavy atom. The van der Waals surface area contributed by atoms with Crippen LogP contribution in [0, 0.1) is 17.0 Å². The highest BCUT2D eigenvalue weighted by Crippen LogP contribution is 2.41. The predicted octanol–water partition coefficient (Wildman–Crippen LogP) is 2.59. The Balaban J connectivity index is 2.33. The highest BCUT2D eigenvalue weighted by atomic mass is 35.5. The van der Waals surface area contributed by atoms with Crippen LogP contribution in [0.4, 0.5) is 11.4 Å². The zero-order valence-corrected chi connectivity index (χ0v) is 10.3. The standard InChI is InChI=1S/C11H11ClN2O4/c1-6-4-9(14(17)18)7(12)5-8(6)13-11(2-3-11)10(15)16/h4-5,13H,2-3H2,1H3,(H,15,16). The van der Waals surface area contributed by atoms with Crippen molar-refractivity contribution in [2.45, 2.75) is 25.3 Å². The molecule has 0 atom stereocenters. The van der Waals surface area contributed by atoms with Crippen molar-refractivity contribution >= 4 is 28.9 Å². The molecular weight excluding hydrogens is 260 g/mol. The lowest BCUT2D eigenvalue weighted by atomic mass is 10.1. The van der Waals surface area contributed by atoms with E-state index < -0.39 is 16.4 Å². The molecule has 2 rings (SSSR count). The van der Waals surface area contributed by atoms with Gasteiger partial charge in [-0.2, -0.15) is 0 Å². The smallest absolute Gasteiger partial charge is 0.329 e. The Morgan fingerprint density at radius 1 is 1.56 bits per heavy atom. The first-order valence-electron chi connectivity index (χ1n) is 5.32. The molecule has 0 saturated heterocycles. The normalized spacial score (nSPS) is 16.1. The first-order valence-corrected chi connectivity index (χ1v) is 5.70. The lowest BCUT2D eigenvalue weighted by molar-refractivity contribution is -0.384. The van der Waals surface area contributed by atoms with Crippen molar-refractivity contribution in [1.82, 2.24) is 0 Å². The number of carbonyl (C=O) groups is 1. The third kappa shape index (κ3) is 2.11. The fourth-order valence-electron chi connectivity index (χ4n) is 1.72. The molecule has 1 aromatic carbocycles. The van der Waals surface area contributed by atoms with E-state index in [-0.39, 0.29) is 10.7 Å². The molecule has 0 amide bonds. The fourth-order valence-corrected chi connectivity index (χ4v) is 1.95. The summed E-state index contributed by atoms with van der Waals surface area (Å²) in [6.07, 6.45) is 1.08. The van der Waals surface area contributed by atoms with E-state index in [1.807, 2.05) is 0 Å². The predicted molar refractivity (Wildman–Crippen MR) is 66.1 cm³/mol. The minimum atomic E-state index is -0.940. The Bertz CT molecular complexity index is 540. The summed E-state index contributed by atoms with van der Waals surface area (Å²) in [6, 6.07) is 2.74. The van der Waals surface area contributed by atoms with Crippen molar-refractivity contribution in [2.24, 2.45) is 0 Å². The number of hydrogen-bond acceptors (Lipinski definition) is 4. The monoisotopic (exact) mass is 270 g/mol. The van der Waals surface area contributed by atoms with Crippen LogP contribution < -0.4 is 5.32 Å². The minimum absolute atomic E-state index is 0.00529. The van der Waals surface area contributed by atoms with Gasteiger partial charge in [-0.25, -0.2) is 4.79 Å². The molecule has 0 heterocycles. The molecule has 6 nitrogen and oxygen atoms in total. The van der Waals surface area contributed by atoms with Crippen LogP contribution in [0.2, 0.25) is 5.02 Å². The van der Waals surface area contributed by atoms with E-state index in [2.05, 4.69) is 5.32 Å². The number of hydrogen-bond donors (Lipinski definition) is 2. The molecule has 96 valence electrons. The second-order valence-corrected chi connectivity index (χ2v) is 4.80. The summed E-state index contributed by atoms with van der Waals surface area (Å²) in [6.45, 7) is 1.67. The maximum absolute atomic E-state index is 11.1. The molecule has 0 bridgehead atoms. The molecule has 18 heavy (non-hydrogen) atoms. The number of rotatable bonds is 4. The van der Waals surface area contributed by atoms with E-state index in [0.717, 1.165) is 0 Å². The summed E-state index contributed by atoms with van der Waals surface area (Å²) in [5.41, 5.74) is -0.00598. The molecule has 2 N–H and O–H groups in total. The summed E-state index contributed by atoms with van der Waals surface area (Å²) in [5, 5.41) is 22.7. The van der Waals surface area contributed by atoms with Gasteiger partial charge in [-0.15, -0.1) is 0 Å². The number of carboxylic acid groups (broad SMARTS) is 1. The van der Waals surface area contributed by atoms with Gasteiger partial charge in [0.15, 0.2) is 0 Å². The summed E-state index contributed by atoms with van der Waals surface area (Å²) < 4.78 is 0. The molecule has 0 unspecified atom stereocenters. The van der Waals surface area contributed by atoms with Crippen LogP contribution in [0.1, 0.15) is 18.4 Å². The summed E-state index contributed by atoms with van der Waals surface area (Å²) in [5.74, 6) is -0.920. The van der Waals surface area contributed by atoms with Crippen LogP contribution >= 0.6 is 11.6 Å². The Hall–Kier alpha value is -1.82. The number of nitro benzene ring substituents is 1. The molecule has 1 saturated carbocycles. The zero-order chi connectivity index (χ0) is 13.5. The van der Waals surface area contributed by atoms with Crippen molar-refractivity contribution < 1.29 is 14.8 Å². The van der Waals surface area contributed by atoms with Crippen molar-refractivity contribution in [3.05, 3.63) is 32.8 Å². The third-order valence-corrected chi connectivity index (χ3v) is 3.33. The second kappa shape index (κ2) is 4.13. The van der Waals surface area contributed by atoms with E-state index in [4.69, 9.17) is 16.7 Å². The summed E-state index contributed by atoms with van der Waals surface area (Å²) >= 11 is 5.80. The van der Waals surface area contributed by atoms with Crippen molar-refractivity contribution in [3.63, 3.8) is 0 Å². The maximum Gasteiger partial charge on any atom is 0.329 e. The zero-order valence-electron chi connectivity index (χ0n) is 9.57. The molecule has 0 aromatic heterocycles. The van der Waals surface area contributed by atoms with Gasteiger partial charge in [0.25, 0.3) is 5.69 Å². The number of nitrogens with one attached hydrogen (secondary N) is 1. The van der Waals surface area contributed by atoms with Crippen molar-refractivity contribution in [3.8, 4) is 0 Å². The highest BCUT2D eigenvalue weighted by Gasteiger charge is 2.50. The first kappa shape index (κ1) is 12.6. The summed E-state index contributed by atoms with van der Waals surface area (Å²) in [7, 11) is 0. The molecule has 0 radical (unpaired) electrons. The number of nitrogens with zero attached hydrogens (tertiary/aromatic N) is 1. The van der Waals surface area contributed by atoms with Gasteiger partial charge in [0.05, 0.1) is 4.92 Å². The lowest BCUT2D eigenvalue weighted by Crippen LogP contribution is -2.31. The molecule has 7 heteroatoms. The number of nitro groups is 1. The molecule has 1 aliphatic rings. The van der Waals surface area contributed by atoms with Gasteiger partial charge in [0, 0.05) is 11.8 Å². The molecule has 1 fully saturated rings. The number of aryl methyl sites for hydroxylation is 1. The number of carboxylic acids is 1. The van der Waals surface area contributed by atoms with Gasteiger partial charge >= 0.3 is 5.97 Å². The van der Waals surface area contributed by atoms with Crippen molar-refractivity contribution in [2.75, 3.05) is 5.32 Å². The van der Waals surface area contributed by atoms with Gasteiger partial charge in [0.2, 0.25) is 0 Å². The van der Waals surface area contributed by atoms with E-state index in [1.165, 1.54) is 12.1 Å². The van der Waals surface area contributed by atoms with E-state index in [1.54, 1.807) is 6.92 Å². The molecule has 1 aliphatic carbocycles.